The molecular formula is C19H37N5O2. The highest BCUT2D eigenvalue weighted by Crippen LogP contribution is 2.15. The Morgan fingerprint density at radius 1 is 1.08 bits per heavy atom. The molecule has 7 nitrogen and oxygen atoms in total. The number of hydrogen-bond acceptors (Lipinski definition) is 4. The summed E-state index contributed by atoms with van der Waals surface area (Å²) < 4.78 is 5.09. The van der Waals surface area contributed by atoms with Crippen molar-refractivity contribution in [2.45, 2.75) is 40.0 Å². The van der Waals surface area contributed by atoms with Gasteiger partial charge in [-0.3, -0.25) is 4.99 Å². The molecule has 0 aromatic rings. The Kier molecular flexibility index (Phi) is 9.01. The average Bonchev–Trinajstić information content (AvgIpc) is 2.66. The Balaban J connectivity index is 1.73. The number of aliphatic imine (C=N–C) groups is 1. The lowest BCUT2D eigenvalue weighted by Crippen LogP contribution is -2.54. The van der Waals surface area contributed by atoms with Crippen molar-refractivity contribution in [2.75, 3.05) is 65.5 Å². The van der Waals surface area contributed by atoms with Gasteiger partial charge >= 0.3 is 6.09 Å². The van der Waals surface area contributed by atoms with Crippen LogP contribution in [0.15, 0.2) is 4.99 Å². The number of piperidine rings is 1. The van der Waals surface area contributed by atoms with E-state index in [0.29, 0.717) is 19.7 Å². The van der Waals surface area contributed by atoms with Crippen LogP contribution in [-0.2, 0) is 4.74 Å². The quantitative estimate of drug-likeness (QED) is 0.441. The SMILES string of the molecule is CCNC(=NCCCN1CCC(C)CC1)N1CCN(C(=O)OCC)CC1. The molecule has 2 aliphatic heterocycles. The molecule has 0 radical (unpaired) electrons. The van der Waals surface area contributed by atoms with Gasteiger partial charge in [-0.2, -0.15) is 0 Å². The standard InChI is InChI=1S/C19H37N5O2/c1-4-20-18(21-9-6-10-22-11-7-17(3)8-12-22)23-13-15-24(16-14-23)19(25)26-5-2/h17H,4-16H2,1-3H3,(H,20,21). The summed E-state index contributed by atoms with van der Waals surface area (Å²) in [5.74, 6) is 1.86. The molecular weight excluding hydrogens is 330 g/mol. The third-order valence-corrected chi connectivity index (χ3v) is 5.21. The molecule has 0 aliphatic carbocycles. The largest absolute Gasteiger partial charge is 0.450 e. The van der Waals surface area contributed by atoms with E-state index in [2.05, 4.69) is 29.0 Å². The number of piperazine rings is 1. The minimum atomic E-state index is -0.204. The highest BCUT2D eigenvalue weighted by Gasteiger charge is 2.23. The second-order valence-corrected chi connectivity index (χ2v) is 7.29. The highest BCUT2D eigenvalue weighted by atomic mass is 16.6. The van der Waals surface area contributed by atoms with Crippen molar-refractivity contribution in [2.24, 2.45) is 10.9 Å². The minimum Gasteiger partial charge on any atom is -0.450 e. The summed E-state index contributed by atoms with van der Waals surface area (Å²) in [6.45, 7) is 15.0. The van der Waals surface area contributed by atoms with Crippen LogP contribution < -0.4 is 5.32 Å². The normalized spacial score (nSPS) is 20.3. The highest BCUT2D eigenvalue weighted by molar-refractivity contribution is 5.80. The summed E-state index contributed by atoms with van der Waals surface area (Å²) in [6.07, 6.45) is 3.56. The van der Waals surface area contributed by atoms with Crippen molar-refractivity contribution in [1.29, 1.82) is 0 Å². The predicted molar refractivity (Wildman–Crippen MR) is 106 cm³/mol. The number of hydrogen-bond donors (Lipinski definition) is 1. The summed E-state index contributed by atoms with van der Waals surface area (Å²) in [6, 6.07) is 0. The number of nitrogens with one attached hydrogen (secondary N) is 1. The van der Waals surface area contributed by atoms with Gasteiger partial charge in [0, 0.05) is 39.3 Å². The zero-order valence-corrected chi connectivity index (χ0v) is 16.9. The van der Waals surface area contributed by atoms with Gasteiger partial charge in [-0.15, -0.1) is 0 Å². The summed E-state index contributed by atoms with van der Waals surface area (Å²) in [4.78, 5) is 23.2. The molecule has 1 amide bonds. The van der Waals surface area contributed by atoms with Crippen molar-refractivity contribution in [3.63, 3.8) is 0 Å². The van der Waals surface area contributed by atoms with Crippen LogP contribution in [0.5, 0.6) is 0 Å². The van der Waals surface area contributed by atoms with Crippen molar-refractivity contribution in [3.8, 4) is 0 Å². The maximum atomic E-state index is 11.8. The molecule has 0 saturated carbocycles. The molecule has 0 unspecified atom stereocenters. The van der Waals surface area contributed by atoms with Gasteiger partial charge in [0.1, 0.15) is 0 Å². The van der Waals surface area contributed by atoms with E-state index in [1.165, 1.54) is 25.9 Å². The van der Waals surface area contributed by atoms with Gasteiger partial charge in [-0.1, -0.05) is 6.92 Å². The van der Waals surface area contributed by atoms with Crippen LogP contribution in [0.25, 0.3) is 0 Å². The van der Waals surface area contributed by atoms with Gasteiger partial charge < -0.3 is 24.8 Å². The number of carbonyl (C=O) groups is 1. The lowest BCUT2D eigenvalue weighted by molar-refractivity contribution is 0.0914. The topological polar surface area (TPSA) is 60.4 Å². The molecule has 1 N–H and O–H groups in total. The molecule has 26 heavy (non-hydrogen) atoms. The number of ether oxygens (including phenoxy) is 1. The van der Waals surface area contributed by atoms with E-state index in [0.717, 1.165) is 51.0 Å². The molecule has 150 valence electrons. The summed E-state index contributed by atoms with van der Waals surface area (Å²) in [7, 11) is 0. The van der Waals surface area contributed by atoms with Crippen LogP contribution in [0.4, 0.5) is 4.79 Å². The number of nitrogens with zero attached hydrogens (tertiary/aromatic N) is 4. The van der Waals surface area contributed by atoms with Crippen LogP contribution in [0.2, 0.25) is 0 Å². The average molecular weight is 368 g/mol. The smallest absolute Gasteiger partial charge is 0.409 e. The lowest BCUT2D eigenvalue weighted by atomic mass is 9.99. The fourth-order valence-corrected chi connectivity index (χ4v) is 3.51. The first-order chi connectivity index (χ1) is 12.6. The predicted octanol–water partition coefficient (Wildman–Crippen LogP) is 1.85. The van der Waals surface area contributed by atoms with Crippen LogP contribution in [0.3, 0.4) is 0 Å². The molecule has 2 heterocycles. The van der Waals surface area contributed by atoms with Crippen molar-refractivity contribution in [3.05, 3.63) is 0 Å². The molecule has 0 spiro atoms. The second kappa shape index (κ2) is 11.3. The number of likely N-dealkylation sites (tertiary alicyclic amines) is 1. The number of rotatable bonds is 6. The Labute approximate surface area is 158 Å². The summed E-state index contributed by atoms with van der Waals surface area (Å²) >= 11 is 0. The number of guanidine groups is 1. The lowest BCUT2D eigenvalue weighted by Gasteiger charge is -2.36. The van der Waals surface area contributed by atoms with E-state index >= 15 is 0 Å². The van der Waals surface area contributed by atoms with Gasteiger partial charge in [0.2, 0.25) is 0 Å². The van der Waals surface area contributed by atoms with Crippen molar-refractivity contribution in [1.82, 2.24) is 20.0 Å². The molecule has 2 rings (SSSR count). The molecule has 7 heteroatoms. The van der Waals surface area contributed by atoms with Gasteiger partial charge in [0.25, 0.3) is 0 Å². The van der Waals surface area contributed by atoms with Crippen LogP contribution in [0.1, 0.15) is 40.0 Å². The monoisotopic (exact) mass is 367 g/mol. The molecule has 2 fully saturated rings. The number of amides is 1. The van der Waals surface area contributed by atoms with Crippen LogP contribution >= 0.6 is 0 Å². The first-order valence-corrected chi connectivity index (χ1v) is 10.3. The fraction of sp³-hybridized carbons (Fsp3) is 0.895. The molecule has 0 atom stereocenters. The summed E-state index contributed by atoms with van der Waals surface area (Å²) in [5, 5.41) is 3.39. The second-order valence-electron chi connectivity index (χ2n) is 7.29. The van der Waals surface area contributed by atoms with Gasteiger partial charge in [0.05, 0.1) is 6.61 Å². The Morgan fingerprint density at radius 3 is 2.35 bits per heavy atom. The third kappa shape index (κ3) is 6.67. The van der Waals surface area contributed by atoms with E-state index in [-0.39, 0.29) is 6.09 Å². The van der Waals surface area contributed by atoms with E-state index in [4.69, 9.17) is 9.73 Å². The van der Waals surface area contributed by atoms with E-state index in [9.17, 15) is 4.79 Å². The molecule has 0 aromatic carbocycles. The molecule has 0 aromatic heterocycles. The molecule has 2 saturated heterocycles. The first-order valence-electron chi connectivity index (χ1n) is 10.3. The fourth-order valence-electron chi connectivity index (χ4n) is 3.51. The van der Waals surface area contributed by atoms with Gasteiger partial charge in [0.15, 0.2) is 5.96 Å². The minimum absolute atomic E-state index is 0.204. The van der Waals surface area contributed by atoms with E-state index < -0.39 is 0 Å². The third-order valence-electron chi connectivity index (χ3n) is 5.21. The van der Waals surface area contributed by atoms with Gasteiger partial charge in [-0.25, -0.2) is 4.79 Å². The van der Waals surface area contributed by atoms with Gasteiger partial charge in [-0.05, 0) is 58.7 Å². The summed E-state index contributed by atoms with van der Waals surface area (Å²) in [5.41, 5.74) is 0. The van der Waals surface area contributed by atoms with E-state index in [1.54, 1.807) is 4.90 Å². The maximum absolute atomic E-state index is 11.8. The molecule has 0 bridgehead atoms. The maximum Gasteiger partial charge on any atom is 0.409 e. The van der Waals surface area contributed by atoms with Crippen molar-refractivity contribution >= 4 is 12.1 Å². The van der Waals surface area contributed by atoms with Crippen molar-refractivity contribution < 1.29 is 9.53 Å². The Morgan fingerprint density at radius 2 is 1.73 bits per heavy atom. The zero-order valence-electron chi connectivity index (χ0n) is 16.9. The zero-order chi connectivity index (χ0) is 18.8. The van der Waals surface area contributed by atoms with Crippen LogP contribution in [-0.4, -0.2) is 92.3 Å². The Bertz CT molecular complexity index is 441. The molecule has 2 aliphatic rings. The van der Waals surface area contributed by atoms with Crippen LogP contribution in [0, 0.1) is 5.92 Å². The number of carbonyl (C=O) groups excluding carboxylic acids is 1. The Hall–Kier alpha value is -1.50. The van der Waals surface area contributed by atoms with E-state index in [1.807, 2.05) is 6.92 Å². The first kappa shape index (κ1) is 20.8.